The average molecular weight is 264 g/mol. The van der Waals surface area contributed by atoms with E-state index < -0.39 is 6.10 Å². The highest BCUT2D eigenvalue weighted by Crippen LogP contribution is 2.34. The van der Waals surface area contributed by atoms with Crippen molar-refractivity contribution in [3.05, 3.63) is 23.8 Å². The number of fused-ring (bicyclic) bond motifs is 1. The minimum Gasteiger partial charge on any atom is -0.490 e. The predicted molar refractivity (Wildman–Crippen MR) is 75.7 cm³/mol. The van der Waals surface area contributed by atoms with Crippen molar-refractivity contribution in [2.45, 2.75) is 45.6 Å². The molecule has 1 heterocycles. The number of aliphatic hydroxyl groups is 1. The second-order valence-electron chi connectivity index (χ2n) is 5.19. The van der Waals surface area contributed by atoms with Gasteiger partial charge in [0.2, 0.25) is 0 Å². The quantitative estimate of drug-likeness (QED) is 0.881. The molecule has 3 nitrogen and oxygen atoms in total. The third-order valence-corrected chi connectivity index (χ3v) is 3.87. The lowest BCUT2D eigenvalue weighted by Crippen LogP contribution is -2.06. The van der Waals surface area contributed by atoms with Gasteiger partial charge in [-0.2, -0.15) is 0 Å². The molecule has 1 N–H and O–H groups in total. The molecule has 0 saturated carbocycles. The van der Waals surface area contributed by atoms with E-state index in [1.165, 1.54) is 0 Å². The Labute approximate surface area is 115 Å². The zero-order valence-corrected chi connectivity index (χ0v) is 11.9. The summed E-state index contributed by atoms with van der Waals surface area (Å²) in [6, 6.07) is 5.78. The average Bonchev–Trinajstić information content (AvgIpc) is 2.68. The van der Waals surface area contributed by atoms with Gasteiger partial charge in [-0.3, -0.25) is 0 Å². The highest BCUT2D eigenvalue weighted by Gasteiger charge is 2.17. The summed E-state index contributed by atoms with van der Waals surface area (Å²) in [5.41, 5.74) is 0.927. The summed E-state index contributed by atoms with van der Waals surface area (Å²) < 4.78 is 11.3. The Morgan fingerprint density at radius 1 is 1.11 bits per heavy atom. The molecule has 19 heavy (non-hydrogen) atoms. The SMILES string of the molecule is CCC(CC)CC(O)c1ccc2c(c1)OCCCO2. The maximum absolute atomic E-state index is 10.3. The first-order valence-corrected chi connectivity index (χ1v) is 7.32. The Kier molecular flexibility index (Phi) is 5.08. The Morgan fingerprint density at radius 3 is 2.47 bits per heavy atom. The molecule has 2 rings (SSSR count). The van der Waals surface area contributed by atoms with E-state index in [1.54, 1.807) is 0 Å². The van der Waals surface area contributed by atoms with Gasteiger partial charge >= 0.3 is 0 Å². The highest BCUT2D eigenvalue weighted by molar-refractivity contribution is 5.44. The molecular formula is C16H24O3. The van der Waals surface area contributed by atoms with Crippen molar-refractivity contribution in [2.75, 3.05) is 13.2 Å². The summed E-state index contributed by atoms with van der Waals surface area (Å²) in [6.45, 7) is 5.73. The van der Waals surface area contributed by atoms with Gasteiger partial charge in [-0.25, -0.2) is 0 Å². The van der Waals surface area contributed by atoms with Crippen molar-refractivity contribution < 1.29 is 14.6 Å². The number of aliphatic hydroxyl groups excluding tert-OH is 1. The Bertz CT molecular complexity index is 399. The third-order valence-electron chi connectivity index (χ3n) is 3.87. The second-order valence-corrected chi connectivity index (χ2v) is 5.19. The van der Waals surface area contributed by atoms with Crippen LogP contribution < -0.4 is 9.47 Å². The standard InChI is InChI=1S/C16H24O3/c1-3-12(4-2)10-14(17)13-6-7-15-16(11-13)19-9-5-8-18-15/h6-7,11-12,14,17H,3-5,8-10H2,1-2H3. The van der Waals surface area contributed by atoms with Gasteiger partial charge in [-0.05, 0) is 30.0 Å². The van der Waals surface area contributed by atoms with Gasteiger partial charge in [-0.1, -0.05) is 32.8 Å². The molecule has 1 aliphatic heterocycles. The van der Waals surface area contributed by atoms with Crippen molar-refractivity contribution >= 4 is 0 Å². The fraction of sp³-hybridized carbons (Fsp3) is 0.625. The number of rotatable bonds is 5. The van der Waals surface area contributed by atoms with Crippen LogP contribution in [0.3, 0.4) is 0 Å². The lowest BCUT2D eigenvalue weighted by atomic mass is 9.93. The van der Waals surface area contributed by atoms with Gasteiger partial charge in [0.15, 0.2) is 11.5 Å². The van der Waals surface area contributed by atoms with Crippen LogP contribution in [0.4, 0.5) is 0 Å². The van der Waals surface area contributed by atoms with Gasteiger partial charge in [0.25, 0.3) is 0 Å². The van der Waals surface area contributed by atoms with Gasteiger partial charge < -0.3 is 14.6 Å². The highest BCUT2D eigenvalue weighted by atomic mass is 16.5. The fourth-order valence-corrected chi connectivity index (χ4v) is 2.46. The molecule has 0 saturated heterocycles. The molecule has 1 atom stereocenters. The van der Waals surface area contributed by atoms with Gasteiger partial charge in [-0.15, -0.1) is 0 Å². The third kappa shape index (κ3) is 3.63. The van der Waals surface area contributed by atoms with Crippen molar-refractivity contribution in [1.29, 1.82) is 0 Å². The van der Waals surface area contributed by atoms with Crippen LogP contribution in [0.1, 0.15) is 51.2 Å². The van der Waals surface area contributed by atoms with Crippen LogP contribution in [-0.2, 0) is 0 Å². The van der Waals surface area contributed by atoms with Crippen LogP contribution in [0.5, 0.6) is 11.5 Å². The molecule has 1 aliphatic rings. The molecule has 1 aromatic rings. The van der Waals surface area contributed by atoms with Crippen molar-refractivity contribution in [3.8, 4) is 11.5 Å². The summed E-state index contributed by atoms with van der Waals surface area (Å²) in [5, 5.41) is 10.3. The molecule has 106 valence electrons. The van der Waals surface area contributed by atoms with E-state index in [9.17, 15) is 5.11 Å². The lowest BCUT2D eigenvalue weighted by Gasteiger charge is -2.18. The molecule has 0 aliphatic carbocycles. The van der Waals surface area contributed by atoms with Crippen molar-refractivity contribution in [1.82, 2.24) is 0 Å². The molecule has 0 radical (unpaired) electrons. The van der Waals surface area contributed by atoms with Crippen molar-refractivity contribution in [2.24, 2.45) is 5.92 Å². The van der Waals surface area contributed by atoms with Gasteiger partial charge in [0.05, 0.1) is 19.3 Å². The largest absolute Gasteiger partial charge is 0.490 e. The predicted octanol–water partition coefficient (Wildman–Crippen LogP) is 3.71. The van der Waals surface area contributed by atoms with Crippen LogP contribution in [0.25, 0.3) is 0 Å². The summed E-state index contributed by atoms with van der Waals surface area (Å²) in [7, 11) is 0. The minimum atomic E-state index is -0.415. The normalized spacial score (nSPS) is 16.2. The summed E-state index contributed by atoms with van der Waals surface area (Å²) >= 11 is 0. The number of ether oxygens (including phenoxy) is 2. The van der Waals surface area contributed by atoms with Crippen LogP contribution in [0, 0.1) is 5.92 Å². The van der Waals surface area contributed by atoms with E-state index in [0.29, 0.717) is 19.1 Å². The van der Waals surface area contributed by atoms with E-state index in [0.717, 1.165) is 42.7 Å². The summed E-state index contributed by atoms with van der Waals surface area (Å²) in [6.07, 6.45) is 3.52. The first kappa shape index (κ1) is 14.2. The van der Waals surface area contributed by atoms with E-state index in [2.05, 4.69) is 13.8 Å². The molecule has 0 amide bonds. The van der Waals surface area contributed by atoms with Crippen LogP contribution in [-0.4, -0.2) is 18.3 Å². The Hall–Kier alpha value is -1.22. The maximum atomic E-state index is 10.3. The van der Waals surface area contributed by atoms with E-state index in [4.69, 9.17) is 9.47 Å². The molecule has 1 aromatic carbocycles. The second kappa shape index (κ2) is 6.80. The maximum Gasteiger partial charge on any atom is 0.161 e. The first-order valence-electron chi connectivity index (χ1n) is 7.32. The van der Waals surface area contributed by atoms with Crippen LogP contribution in [0.15, 0.2) is 18.2 Å². The van der Waals surface area contributed by atoms with Gasteiger partial charge in [0.1, 0.15) is 0 Å². The molecule has 0 fully saturated rings. The van der Waals surface area contributed by atoms with E-state index >= 15 is 0 Å². The Morgan fingerprint density at radius 2 is 1.79 bits per heavy atom. The van der Waals surface area contributed by atoms with Crippen LogP contribution in [0.2, 0.25) is 0 Å². The summed E-state index contributed by atoms with van der Waals surface area (Å²) in [4.78, 5) is 0. The van der Waals surface area contributed by atoms with E-state index in [-0.39, 0.29) is 0 Å². The zero-order valence-electron chi connectivity index (χ0n) is 11.9. The number of hydrogen-bond acceptors (Lipinski definition) is 3. The lowest BCUT2D eigenvalue weighted by molar-refractivity contribution is 0.140. The topological polar surface area (TPSA) is 38.7 Å². The monoisotopic (exact) mass is 264 g/mol. The van der Waals surface area contributed by atoms with E-state index in [1.807, 2.05) is 18.2 Å². The molecule has 3 heteroatoms. The Balaban J connectivity index is 2.10. The van der Waals surface area contributed by atoms with Crippen molar-refractivity contribution in [3.63, 3.8) is 0 Å². The molecular weight excluding hydrogens is 240 g/mol. The number of hydrogen-bond donors (Lipinski definition) is 1. The fourth-order valence-electron chi connectivity index (χ4n) is 2.46. The molecule has 0 spiro atoms. The van der Waals surface area contributed by atoms with Gasteiger partial charge in [0, 0.05) is 6.42 Å². The minimum absolute atomic E-state index is 0.415. The molecule has 0 aromatic heterocycles. The zero-order chi connectivity index (χ0) is 13.7. The smallest absolute Gasteiger partial charge is 0.161 e. The molecule has 1 unspecified atom stereocenters. The first-order chi connectivity index (χ1) is 9.24. The number of benzene rings is 1. The van der Waals surface area contributed by atoms with Crippen LogP contribution >= 0.6 is 0 Å². The summed E-state index contributed by atoms with van der Waals surface area (Å²) in [5.74, 6) is 2.13. The molecule has 0 bridgehead atoms.